The molecule has 4 rings (SSSR count). The number of likely N-dealkylation sites (tertiary alicyclic amines) is 1. The highest BCUT2D eigenvalue weighted by molar-refractivity contribution is 5.95. The molecule has 0 radical (unpaired) electrons. The van der Waals surface area contributed by atoms with Crippen LogP contribution in [0.5, 0.6) is 11.5 Å². The van der Waals surface area contributed by atoms with Crippen molar-refractivity contribution in [3.8, 4) is 11.5 Å². The number of ether oxygens (including phenoxy) is 2. The number of nitrogens with zero attached hydrogens (tertiary/aromatic N) is 1. The summed E-state index contributed by atoms with van der Waals surface area (Å²) in [6.07, 6.45) is 4.80. The normalized spacial score (nSPS) is 23.7. The van der Waals surface area contributed by atoms with E-state index in [2.05, 4.69) is 5.32 Å². The van der Waals surface area contributed by atoms with Gasteiger partial charge in [-0.15, -0.1) is 12.4 Å². The van der Waals surface area contributed by atoms with E-state index >= 15 is 0 Å². The molecule has 6 heteroatoms. The number of piperidine rings is 1. The van der Waals surface area contributed by atoms with E-state index in [0.717, 1.165) is 44.1 Å². The molecule has 1 amide bonds. The van der Waals surface area contributed by atoms with Gasteiger partial charge >= 0.3 is 0 Å². The number of fused-ring (bicyclic) bond motifs is 1. The standard InChI is InChI=1S/C18H24N2O3.ClH/c21-18(14-3-4-16-17(12-14)23-11-10-22-16)20-8-5-13(6-9-20)15-2-1-7-19-15;/h3-4,12-13,15,19H,1-2,5-11H2;1H. The molecule has 132 valence electrons. The van der Waals surface area contributed by atoms with E-state index in [1.54, 1.807) is 0 Å². The first-order valence-electron chi connectivity index (χ1n) is 8.73. The summed E-state index contributed by atoms with van der Waals surface area (Å²) in [5, 5.41) is 3.60. The fourth-order valence-electron chi connectivity index (χ4n) is 3.98. The predicted molar refractivity (Wildman–Crippen MR) is 94.3 cm³/mol. The van der Waals surface area contributed by atoms with Crippen LogP contribution >= 0.6 is 12.4 Å². The number of carbonyl (C=O) groups is 1. The van der Waals surface area contributed by atoms with Gasteiger partial charge in [-0.05, 0) is 56.3 Å². The number of nitrogens with one attached hydrogen (secondary N) is 1. The molecule has 3 heterocycles. The maximum absolute atomic E-state index is 12.7. The van der Waals surface area contributed by atoms with Crippen molar-refractivity contribution in [2.75, 3.05) is 32.8 Å². The molecule has 1 N–H and O–H groups in total. The summed E-state index contributed by atoms with van der Waals surface area (Å²) in [4.78, 5) is 14.7. The third kappa shape index (κ3) is 3.47. The van der Waals surface area contributed by atoms with Crippen molar-refractivity contribution in [3.05, 3.63) is 23.8 Å². The first kappa shape index (κ1) is 17.4. The van der Waals surface area contributed by atoms with Gasteiger partial charge in [0.1, 0.15) is 13.2 Å². The number of rotatable bonds is 2. The third-order valence-electron chi connectivity index (χ3n) is 5.28. The van der Waals surface area contributed by atoms with E-state index in [0.29, 0.717) is 30.6 Å². The number of hydrogen-bond acceptors (Lipinski definition) is 4. The molecule has 1 aromatic rings. The van der Waals surface area contributed by atoms with Crippen molar-refractivity contribution in [3.63, 3.8) is 0 Å². The van der Waals surface area contributed by atoms with Crippen LogP contribution in [0.15, 0.2) is 18.2 Å². The lowest BCUT2D eigenvalue weighted by molar-refractivity contribution is 0.0673. The summed E-state index contributed by atoms with van der Waals surface area (Å²) in [6, 6.07) is 6.18. The molecule has 2 fully saturated rings. The van der Waals surface area contributed by atoms with Crippen LogP contribution in [0.3, 0.4) is 0 Å². The lowest BCUT2D eigenvalue weighted by atomic mass is 9.88. The molecule has 2 saturated heterocycles. The zero-order valence-corrected chi connectivity index (χ0v) is 14.6. The Morgan fingerprint density at radius 1 is 1.08 bits per heavy atom. The Bertz CT molecular complexity index is 582. The summed E-state index contributed by atoms with van der Waals surface area (Å²) in [5.74, 6) is 2.26. The van der Waals surface area contributed by atoms with Gasteiger partial charge in [0.25, 0.3) is 5.91 Å². The highest BCUT2D eigenvalue weighted by atomic mass is 35.5. The molecule has 0 aliphatic carbocycles. The predicted octanol–water partition coefficient (Wildman–Crippen LogP) is 2.48. The molecule has 0 aromatic heterocycles. The zero-order valence-electron chi connectivity index (χ0n) is 13.8. The molecular formula is C18H25ClN2O3. The second-order valence-corrected chi connectivity index (χ2v) is 6.69. The second-order valence-electron chi connectivity index (χ2n) is 6.69. The maximum Gasteiger partial charge on any atom is 0.253 e. The third-order valence-corrected chi connectivity index (χ3v) is 5.28. The van der Waals surface area contributed by atoms with Crippen LogP contribution < -0.4 is 14.8 Å². The van der Waals surface area contributed by atoms with Crippen molar-refractivity contribution in [1.82, 2.24) is 10.2 Å². The lowest BCUT2D eigenvalue weighted by Crippen LogP contribution is -2.43. The van der Waals surface area contributed by atoms with Crippen molar-refractivity contribution in [2.24, 2.45) is 5.92 Å². The Kier molecular flexibility index (Phi) is 5.51. The van der Waals surface area contributed by atoms with Crippen molar-refractivity contribution in [1.29, 1.82) is 0 Å². The number of hydrogen-bond donors (Lipinski definition) is 1. The molecule has 5 nitrogen and oxygen atoms in total. The van der Waals surface area contributed by atoms with E-state index in [-0.39, 0.29) is 18.3 Å². The fraction of sp³-hybridized carbons (Fsp3) is 0.611. The molecule has 0 saturated carbocycles. The molecule has 1 aromatic carbocycles. The van der Waals surface area contributed by atoms with Gasteiger partial charge < -0.3 is 19.7 Å². The minimum Gasteiger partial charge on any atom is -0.486 e. The largest absolute Gasteiger partial charge is 0.486 e. The van der Waals surface area contributed by atoms with Crippen molar-refractivity contribution < 1.29 is 14.3 Å². The summed E-state index contributed by atoms with van der Waals surface area (Å²) in [5.41, 5.74) is 0.701. The first-order valence-corrected chi connectivity index (χ1v) is 8.73. The first-order chi connectivity index (χ1) is 11.3. The molecular weight excluding hydrogens is 328 g/mol. The Morgan fingerprint density at radius 2 is 1.83 bits per heavy atom. The number of carbonyl (C=O) groups excluding carboxylic acids is 1. The second kappa shape index (κ2) is 7.62. The monoisotopic (exact) mass is 352 g/mol. The van der Waals surface area contributed by atoms with E-state index < -0.39 is 0 Å². The Balaban J connectivity index is 0.00000169. The quantitative estimate of drug-likeness (QED) is 0.888. The van der Waals surface area contributed by atoms with E-state index in [4.69, 9.17) is 9.47 Å². The molecule has 1 unspecified atom stereocenters. The zero-order chi connectivity index (χ0) is 15.6. The average molecular weight is 353 g/mol. The summed E-state index contributed by atoms with van der Waals surface area (Å²) in [7, 11) is 0. The van der Waals surface area contributed by atoms with E-state index in [1.165, 1.54) is 12.8 Å². The molecule has 0 bridgehead atoms. The van der Waals surface area contributed by atoms with Crippen LogP contribution in [-0.4, -0.2) is 49.7 Å². The maximum atomic E-state index is 12.7. The minimum absolute atomic E-state index is 0. The van der Waals surface area contributed by atoms with Crippen LogP contribution in [0, 0.1) is 5.92 Å². The highest BCUT2D eigenvalue weighted by Crippen LogP contribution is 2.32. The van der Waals surface area contributed by atoms with Gasteiger partial charge in [0.05, 0.1) is 0 Å². The SMILES string of the molecule is Cl.O=C(c1ccc2c(c1)OCCO2)N1CCC(C2CCCN2)CC1. The molecule has 3 aliphatic heterocycles. The van der Waals surface area contributed by atoms with Gasteiger partial charge in [0.2, 0.25) is 0 Å². The molecule has 3 aliphatic rings. The molecule has 0 spiro atoms. The van der Waals surface area contributed by atoms with E-state index in [1.807, 2.05) is 23.1 Å². The van der Waals surface area contributed by atoms with Crippen LogP contribution in [0.25, 0.3) is 0 Å². The van der Waals surface area contributed by atoms with Crippen molar-refractivity contribution >= 4 is 18.3 Å². The summed E-state index contributed by atoms with van der Waals surface area (Å²) in [6.45, 7) is 3.99. The molecule has 1 atom stereocenters. The number of benzene rings is 1. The highest BCUT2D eigenvalue weighted by Gasteiger charge is 2.30. The summed E-state index contributed by atoms with van der Waals surface area (Å²) < 4.78 is 11.1. The topological polar surface area (TPSA) is 50.8 Å². The van der Waals surface area contributed by atoms with Crippen LogP contribution in [-0.2, 0) is 0 Å². The van der Waals surface area contributed by atoms with E-state index in [9.17, 15) is 4.79 Å². The van der Waals surface area contributed by atoms with Gasteiger partial charge in [0.15, 0.2) is 11.5 Å². The smallest absolute Gasteiger partial charge is 0.253 e. The fourth-order valence-corrected chi connectivity index (χ4v) is 3.98. The van der Waals surface area contributed by atoms with Gasteiger partial charge in [-0.1, -0.05) is 0 Å². The Morgan fingerprint density at radius 3 is 2.54 bits per heavy atom. The van der Waals surface area contributed by atoms with Gasteiger partial charge in [0, 0.05) is 24.7 Å². The van der Waals surface area contributed by atoms with Crippen LogP contribution in [0.4, 0.5) is 0 Å². The number of halogens is 1. The Labute approximate surface area is 149 Å². The molecule has 24 heavy (non-hydrogen) atoms. The van der Waals surface area contributed by atoms with Crippen LogP contribution in [0.1, 0.15) is 36.0 Å². The van der Waals surface area contributed by atoms with Gasteiger partial charge in [-0.3, -0.25) is 4.79 Å². The number of amides is 1. The lowest BCUT2D eigenvalue weighted by Gasteiger charge is -2.35. The minimum atomic E-state index is 0. The average Bonchev–Trinajstić information content (AvgIpc) is 3.15. The summed E-state index contributed by atoms with van der Waals surface area (Å²) >= 11 is 0. The van der Waals surface area contributed by atoms with Gasteiger partial charge in [-0.2, -0.15) is 0 Å². The van der Waals surface area contributed by atoms with Gasteiger partial charge in [-0.25, -0.2) is 0 Å². The Hall–Kier alpha value is -1.46. The van der Waals surface area contributed by atoms with Crippen LogP contribution in [0.2, 0.25) is 0 Å². The van der Waals surface area contributed by atoms with Crippen molar-refractivity contribution in [2.45, 2.75) is 31.7 Å².